The number of benzene rings is 4. The van der Waals surface area contributed by atoms with Gasteiger partial charge >= 0.3 is 0 Å². The largest absolute Gasteiger partial charge is 0.489 e. The van der Waals surface area contributed by atoms with E-state index in [4.69, 9.17) is 10.5 Å². The lowest BCUT2D eigenvalue weighted by Gasteiger charge is -2.14. The van der Waals surface area contributed by atoms with Gasteiger partial charge in [-0.05, 0) is 60.3 Å². The van der Waals surface area contributed by atoms with E-state index >= 15 is 4.39 Å². The maximum absolute atomic E-state index is 16.1. The van der Waals surface area contributed by atoms with Crippen molar-refractivity contribution in [2.75, 3.05) is 6.54 Å². The zero-order valence-electron chi connectivity index (χ0n) is 19.9. The third-order valence-electron chi connectivity index (χ3n) is 6.42. The van der Waals surface area contributed by atoms with Gasteiger partial charge in [0.25, 0.3) is 0 Å². The maximum atomic E-state index is 16.1. The summed E-state index contributed by atoms with van der Waals surface area (Å²) in [6.07, 6.45) is 0.849. The second-order valence-electron chi connectivity index (χ2n) is 8.87. The molecule has 0 amide bonds. The van der Waals surface area contributed by atoms with Gasteiger partial charge in [0.05, 0.1) is 11.2 Å². The van der Waals surface area contributed by atoms with E-state index in [1.807, 2.05) is 79.7 Å². The lowest BCUT2D eigenvalue weighted by molar-refractivity contribution is 0.306. The number of fused-ring (bicyclic) bond motifs is 1. The standard InChI is InChI=1S/C31H29FN2O/c1-22-7-5-6-10-27(22)31-30(32)28-19-26(35-21-25-8-3-2-4-9-25)15-16-29(28)34(31)20-24-13-11-23(12-14-24)17-18-33/h2-16,19H,17-18,20-21,33H2,1H3. The molecule has 5 aromatic rings. The van der Waals surface area contributed by atoms with Crippen LogP contribution in [0.15, 0.2) is 97.1 Å². The van der Waals surface area contributed by atoms with Crippen molar-refractivity contribution < 1.29 is 9.13 Å². The molecule has 0 saturated heterocycles. The molecule has 0 saturated carbocycles. The lowest BCUT2D eigenvalue weighted by Crippen LogP contribution is -2.05. The number of hydrogen-bond donors (Lipinski definition) is 1. The van der Waals surface area contributed by atoms with E-state index in [-0.39, 0.29) is 5.82 Å². The number of rotatable bonds is 8. The van der Waals surface area contributed by atoms with Crippen LogP contribution in [0.5, 0.6) is 5.75 Å². The summed E-state index contributed by atoms with van der Waals surface area (Å²) in [5.74, 6) is 0.430. The quantitative estimate of drug-likeness (QED) is 0.272. The molecule has 0 bridgehead atoms. The zero-order chi connectivity index (χ0) is 24.2. The monoisotopic (exact) mass is 464 g/mol. The van der Waals surface area contributed by atoms with Crippen molar-refractivity contribution in [2.45, 2.75) is 26.5 Å². The molecule has 0 spiro atoms. The normalized spacial score (nSPS) is 11.2. The van der Waals surface area contributed by atoms with E-state index in [1.165, 1.54) is 5.56 Å². The Labute approximate surface area is 205 Å². The number of nitrogens with two attached hydrogens (primary N) is 1. The first-order valence-corrected chi connectivity index (χ1v) is 12.0. The molecule has 4 aromatic carbocycles. The summed E-state index contributed by atoms with van der Waals surface area (Å²) in [5, 5.41) is 0.563. The van der Waals surface area contributed by atoms with Crippen molar-refractivity contribution in [3.05, 3.63) is 125 Å². The van der Waals surface area contributed by atoms with Gasteiger partial charge in [-0.2, -0.15) is 0 Å². The van der Waals surface area contributed by atoms with Crippen LogP contribution in [0, 0.1) is 12.7 Å². The Morgan fingerprint density at radius 1 is 0.800 bits per heavy atom. The zero-order valence-corrected chi connectivity index (χ0v) is 19.9. The molecule has 1 aromatic heterocycles. The Morgan fingerprint density at radius 2 is 1.51 bits per heavy atom. The van der Waals surface area contributed by atoms with Gasteiger partial charge < -0.3 is 15.0 Å². The molecule has 0 unspecified atom stereocenters. The van der Waals surface area contributed by atoms with Crippen molar-refractivity contribution in [3.63, 3.8) is 0 Å². The van der Waals surface area contributed by atoms with Gasteiger partial charge in [0.1, 0.15) is 12.4 Å². The van der Waals surface area contributed by atoms with Gasteiger partial charge in [-0.15, -0.1) is 0 Å². The van der Waals surface area contributed by atoms with E-state index < -0.39 is 0 Å². The summed E-state index contributed by atoms with van der Waals surface area (Å²) < 4.78 is 24.2. The molecule has 0 radical (unpaired) electrons. The van der Waals surface area contributed by atoms with Crippen LogP contribution in [0.2, 0.25) is 0 Å². The van der Waals surface area contributed by atoms with Crippen molar-refractivity contribution in [2.24, 2.45) is 5.73 Å². The van der Waals surface area contributed by atoms with Crippen LogP contribution in [-0.2, 0) is 19.6 Å². The van der Waals surface area contributed by atoms with Crippen LogP contribution in [0.3, 0.4) is 0 Å². The first kappa shape index (κ1) is 22.9. The number of nitrogens with zero attached hydrogens (tertiary/aromatic N) is 1. The second-order valence-corrected chi connectivity index (χ2v) is 8.87. The number of halogens is 1. The molecule has 5 rings (SSSR count). The molecule has 0 aliphatic heterocycles. The molecule has 3 nitrogen and oxygen atoms in total. The molecule has 4 heteroatoms. The van der Waals surface area contributed by atoms with E-state index in [1.54, 1.807) is 0 Å². The Balaban J connectivity index is 1.56. The smallest absolute Gasteiger partial charge is 0.156 e. The Hall–Kier alpha value is -3.89. The topological polar surface area (TPSA) is 40.2 Å². The minimum absolute atomic E-state index is 0.223. The molecule has 2 N–H and O–H groups in total. The first-order chi connectivity index (χ1) is 17.1. The van der Waals surface area contributed by atoms with E-state index in [0.717, 1.165) is 34.2 Å². The summed E-state index contributed by atoms with van der Waals surface area (Å²) >= 11 is 0. The molecule has 1 heterocycles. The molecule has 0 aliphatic rings. The molecular formula is C31H29FN2O. The van der Waals surface area contributed by atoms with Crippen LogP contribution < -0.4 is 10.5 Å². The lowest BCUT2D eigenvalue weighted by atomic mass is 10.0. The van der Waals surface area contributed by atoms with Crippen LogP contribution in [0.4, 0.5) is 4.39 Å². The maximum Gasteiger partial charge on any atom is 0.156 e. The Kier molecular flexibility index (Phi) is 6.64. The van der Waals surface area contributed by atoms with E-state index in [9.17, 15) is 0 Å². The molecule has 0 fully saturated rings. The van der Waals surface area contributed by atoms with Crippen LogP contribution >= 0.6 is 0 Å². The number of ether oxygens (including phenoxy) is 1. The molecule has 35 heavy (non-hydrogen) atoms. The summed E-state index contributed by atoms with van der Waals surface area (Å²) in [4.78, 5) is 0. The summed E-state index contributed by atoms with van der Waals surface area (Å²) in [5.41, 5.74) is 12.5. The van der Waals surface area contributed by atoms with Gasteiger partial charge in [-0.25, -0.2) is 4.39 Å². The fourth-order valence-electron chi connectivity index (χ4n) is 4.55. The second kappa shape index (κ2) is 10.2. The van der Waals surface area contributed by atoms with Crippen molar-refractivity contribution in [1.29, 1.82) is 0 Å². The fraction of sp³-hybridized carbons (Fsp3) is 0.161. The SMILES string of the molecule is Cc1ccccc1-c1c(F)c2cc(OCc3ccccc3)ccc2n1Cc1ccc(CCN)cc1. The van der Waals surface area contributed by atoms with Gasteiger partial charge in [0.15, 0.2) is 5.82 Å². The Morgan fingerprint density at radius 3 is 2.26 bits per heavy atom. The van der Waals surface area contributed by atoms with Crippen LogP contribution in [-0.4, -0.2) is 11.1 Å². The van der Waals surface area contributed by atoms with Crippen LogP contribution in [0.1, 0.15) is 22.3 Å². The Bertz CT molecular complexity index is 1440. The average molecular weight is 465 g/mol. The highest BCUT2D eigenvalue weighted by atomic mass is 19.1. The first-order valence-electron chi connectivity index (χ1n) is 12.0. The summed E-state index contributed by atoms with van der Waals surface area (Å²) in [6, 6.07) is 32.1. The third-order valence-corrected chi connectivity index (χ3v) is 6.42. The molecule has 0 atom stereocenters. The molecular weight excluding hydrogens is 435 g/mol. The highest BCUT2D eigenvalue weighted by Gasteiger charge is 2.21. The van der Waals surface area contributed by atoms with Gasteiger partial charge in [-0.3, -0.25) is 0 Å². The van der Waals surface area contributed by atoms with Gasteiger partial charge in [-0.1, -0.05) is 78.9 Å². The third kappa shape index (κ3) is 4.84. The van der Waals surface area contributed by atoms with Crippen LogP contribution in [0.25, 0.3) is 22.2 Å². The van der Waals surface area contributed by atoms with Crippen molar-refractivity contribution in [1.82, 2.24) is 4.57 Å². The molecule has 176 valence electrons. The highest BCUT2D eigenvalue weighted by molar-refractivity contribution is 5.89. The number of aryl methyl sites for hydroxylation is 1. The van der Waals surface area contributed by atoms with E-state index in [2.05, 4.69) is 28.8 Å². The molecule has 0 aliphatic carbocycles. The average Bonchev–Trinajstić information content (AvgIpc) is 3.15. The van der Waals surface area contributed by atoms with Crippen molar-refractivity contribution in [3.8, 4) is 17.0 Å². The van der Waals surface area contributed by atoms with Crippen molar-refractivity contribution >= 4 is 10.9 Å². The summed E-state index contributed by atoms with van der Waals surface area (Å²) in [7, 11) is 0. The predicted molar refractivity (Wildman–Crippen MR) is 141 cm³/mol. The minimum atomic E-state index is -0.223. The predicted octanol–water partition coefficient (Wildman–Crippen LogP) is 6.88. The highest BCUT2D eigenvalue weighted by Crippen LogP contribution is 2.36. The van der Waals surface area contributed by atoms with E-state index in [0.29, 0.717) is 36.5 Å². The number of aromatic nitrogens is 1. The van der Waals surface area contributed by atoms with Gasteiger partial charge in [0, 0.05) is 17.5 Å². The fourth-order valence-corrected chi connectivity index (χ4v) is 4.55. The summed E-state index contributed by atoms with van der Waals surface area (Å²) in [6.45, 7) is 3.65. The minimum Gasteiger partial charge on any atom is -0.489 e. The van der Waals surface area contributed by atoms with Gasteiger partial charge in [0.2, 0.25) is 0 Å². The number of hydrogen-bond acceptors (Lipinski definition) is 2.